The van der Waals surface area contributed by atoms with Crippen molar-refractivity contribution in [2.75, 3.05) is 0 Å². The molecule has 0 aliphatic heterocycles. The molecule has 1 aromatic rings. The molecule has 4 aliphatic rings. The number of fused-ring (bicyclic) bond motifs is 5. The molecule has 1 heteroatoms. The summed E-state index contributed by atoms with van der Waals surface area (Å²) in [7, 11) is 0. The maximum absolute atomic E-state index is 11.2. The molecule has 0 aromatic heterocycles. The Morgan fingerprint density at radius 3 is 2.23 bits per heavy atom. The zero-order chi connectivity index (χ0) is 24.8. The van der Waals surface area contributed by atoms with Crippen molar-refractivity contribution in [1.82, 2.24) is 0 Å². The summed E-state index contributed by atoms with van der Waals surface area (Å²) in [6, 6.07) is 11.0. The van der Waals surface area contributed by atoms with E-state index in [1.165, 1.54) is 69.8 Å². The summed E-state index contributed by atoms with van der Waals surface area (Å²) >= 11 is 0. The van der Waals surface area contributed by atoms with Gasteiger partial charge in [0.1, 0.15) is 0 Å². The second-order valence-electron chi connectivity index (χ2n) is 14.6. The lowest BCUT2D eigenvalue weighted by Crippen LogP contribution is -2.57. The van der Waals surface area contributed by atoms with Gasteiger partial charge in [-0.1, -0.05) is 84.2 Å². The van der Waals surface area contributed by atoms with Crippen molar-refractivity contribution in [3.8, 4) is 0 Å². The maximum Gasteiger partial charge on any atom is 0.0574 e. The molecule has 1 N–H and O–H groups in total. The van der Waals surface area contributed by atoms with E-state index in [4.69, 9.17) is 0 Å². The average Bonchev–Trinajstić information content (AvgIpc) is 3.19. The van der Waals surface area contributed by atoms with Gasteiger partial charge in [0.25, 0.3) is 0 Å². The van der Waals surface area contributed by atoms with Gasteiger partial charge in [0.05, 0.1) is 6.10 Å². The molecule has 1 aromatic carbocycles. The molecular formula is C34H54O. The number of aliphatic hydroxyl groups excluding tert-OH is 1. The molecule has 196 valence electrons. The lowest BCUT2D eigenvalue weighted by atomic mass is 9.42. The second kappa shape index (κ2) is 10.2. The number of hydrogen-bond acceptors (Lipinski definition) is 1. The molecule has 0 radical (unpaired) electrons. The highest BCUT2D eigenvalue weighted by molar-refractivity contribution is 5.18. The summed E-state index contributed by atoms with van der Waals surface area (Å²) < 4.78 is 0. The standard InChI is InChI=1S/C34H54O/c1-23(2)10-9-11-24(3)28-16-17-29-26-14-15-30-27(22-25-12-7-6-8-13-25)32(35)19-21-34(30,5)31(26)18-20-33(28,29)4/h6-8,12-13,23-24,26-32,35H,9-11,14-22H2,1-5H3/t24-,26?,27+,28-,29?,30?,31?,32-,33-,34+/m1/s1. The van der Waals surface area contributed by atoms with Gasteiger partial charge in [-0.15, -0.1) is 0 Å². The summed E-state index contributed by atoms with van der Waals surface area (Å²) in [5.41, 5.74) is 2.44. The van der Waals surface area contributed by atoms with Crippen LogP contribution in [-0.4, -0.2) is 11.2 Å². The van der Waals surface area contributed by atoms with E-state index in [2.05, 4.69) is 65.0 Å². The van der Waals surface area contributed by atoms with E-state index in [9.17, 15) is 5.11 Å². The Morgan fingerprint density at radius 2 is 1.49 bits per heavy atom. The van der Waals surface area contributed by atoms with Crippen LogP contribution in [0.5, 0.6) is 0 Å². The minimum Gasteiger partial charge on any atom is -0.393 e. The van der Waals surface area contributed by atoms with E-state index in [1.807, 2.05) is 0 Å². The fourth-order valence-corrected chi connectivity index (χ4v) is 10.7. The first-order valence-corrected chi connectivity index (χ1v) is 15.5. The Hall–Kier alpha value is -0.820. The van der Waals surface area contributed by atoms with E-state index in [1.54, 1.807) is 0 Å². The van der Waals surface area contributed by atoms with Crippen LogP contribution in [-0.2, 0) is 6.42 Å². The van der Waals surface area contributed by atoms with Gasteiger partial charge < -0.3 is 5.11 Å². The molecule has 4 fully saturated rings. The van der Waals surface area contributed by atoms with Crippen LogP contribution < -0.4 is 0 Å². The third-order valence-corrected chi connectivity index (χ3v) is 12.4. The van der Waals surface area contributed by atoms with E-state index in [-0.39, 0.29) is 6.10 Å². The van der Waals surface area contributed by atoms with Crippen LogP contribution in [0.3, 0.4) is 0 Å². The quantitative estimate of drug-likeness (QED) is 0.414. The van der Waals surface area contributed by atoms with Crippen LogP contribution in [0.1, 0.15) is 111 Å². The number of hydrogen-bond donors (Lipinski definition) is 1. The van der Waals surface area contributed by atoms with Crippen LogP contribution >= 0.6 is 0 Å². The van der Waals surface area contributed by atoms with Crippen LogP contribution in [0.15, 0.2) is 30.3 Å². The van der Waals surface area contributed by atoms with Crippen molar-refractivity contribution < 1.29 is 5.11 Å². The second-order valence-corrected chi connectivity index (χ2v) is 14.6. The SMILES string of the molecule is CC(C)CCC[C@@H](C)[C@H]1CCC2C3CCC4[C@H](Cc5ccccc5)[C@H](O)CC[C@]4(C)C3CC[C@@]21C. The van der Waals surface area contributed by atoms with Crippen LogP contribution in [0.2, 0.25) is 0 Å². The van der Waals surface area contributed by atoms with Crippen molar-refractivity contribution >= 4 is 0 Å². The van der Waals surface area contributed by atoms with Gasteiger partial charge in [-0.25, -0.2) is 0 Å². The van der Waals surface area contributed by atoms with E-state index < -0.39 is 0 Å². The van der Waals surface area contributed by atoms with E-state index >= 15 is 0 Å². The molecule has 4 saturated carbocycles. The van der Waals surface area contributed by atoms with Crippen molar-refractivity contribution in [2.24, 2.45) is 58.2 Å². The minimum absolute atomic E-state index is 0.110. The molecular weight excluding hydrogens is 424 g/mol. The Bertz CT molecular complexity index is 830. The molecule has 0 amide bonds. The van der Waals surface area contributed by atoms with Gasteiger partial charge in [0.2, 0.25) is 0 Å². The van der Waals surface area contributed by atoms with Gasteiger partial charge in [0.15, 0.2) is 0 Å². The van der Waals surface area contributed by atoms with Gasteiger partial charge in [-0.2, -0.15) is 0 Å². The first kappa shape index (κ1) is 25.8. The van der Waals surface area contributed by atoms with E-state index in [0.29, 0.717) is 22.7 Å². The smallest absolute Gasteiger partial charge is 0.0574 e. The highest BCUT2D eigenvalue weighted by Crippen LogP contribution is 2.69. The first-order chi connectivity index (χ1) is 16.7. The largest absolute Gasteiger partial charge is 0.393 e. The fourth-order valence-electron chi connectivity index (χ4n) is 10.7. The number of rotatable bonds is 7. The Balaban J connectivity index is 1.31. The zero-order valence-electron chi connectivity index (χ0n) is 23.5. The van der Waals surface area contributed by atoms with Gasteiger partial charge in [0, 0.05) is 0 Å². The highest BCUT2D eigenvalue weighted by atomic mass is 16.3. The van der Waals surface area contributed by atoms with Crippen LogP contribution in [0, 0.1) is 58.2 Å². The zero-order valence-corrected chi connectivity index (χ0v) is 23.5. The summed E-state index contributed by atoms with van der Waals surface area (Å²) in [5, 5.41) is 11.2. The predicted molar refractivity (Wildman–Crippen MR) is 148 cm³/mol. The minimum atomic E-state index is -0.110. The molecule has 0 saturated heterocycles. The maximum atomic E-state index is 11.2. The Morgan fingerprint density at radius 1 is 0.800 bits per heavy atom. The molecule has 35 heavy (non-hydrogen) atoms. The summed E-state index contributed by atoms with van der Waals surface area (Å²) in [4.78, 5) is 0. The lowest BCUT2D eigenvalue weighted by molar-refractivity contribution is -0.152. The third kappa shape index (κ3) is 4.66. The third-order valence-electron chi connectivity index (χ3n) is 12.4. The van der Waals surface area contributed by atoms with Crippen molar-refractivity contribution in [2.45, 2.75) is 118 Å². The molecule has 1 nitrogen and oxygen atoms in total. The molecule has 0 heterocycles. The monoisotopic (exact) mass is 478 g/mol. The van der Waals surface area contributed by atoms with Crippen LogP contribution in [0.4, 0.5) is 0 Å². The Kier molecular flexibility index (Phi) is 7.49. The van der Waals surface area contributed by atoms with E-state index in [0.717, 1.165) is 48.3 Å². The number of aliphatic hydroxyl groups is 1. The normalized spacial score (nSPS) is 43.9. The lowest BCUT2D eigenvalue weighted by Gasteiger charge is -2.63. The topological polar surface area (TPSA) is 20.2 Å². The first-order valence-electron chi connectivity index (χ1n) is 15.5. The van der Waals surface area contributed by atoms with Crippen molar-refractivity contribution in [3.05, 3.63) is 35.9 Å². The Labute approximate surface area is 216 Å². The molecule has 5 rings (SSSR count). The predicted octanol–water partition coefficient (Wildman–Crippen LogP) is 8.94. The van der Waals surface area contributed by atoms with Gasteiger partial charge >= 0.3 is 0 Å². The average molecular weight is 479 g/mol. The summed E-state index contributed by atoms with van der Waals surface area (Å²) in [6.45, 7) is 12.7. The molecule has 0 bridgehead atoms. The highest BCUT2D eigenvalue weighted by Gasteiger charge is 2.61. The molecule has 4 aliphatic carbocycles. The molecule has 10 atom stereocenters. The summed E-state index contributed by atoms with van der Waals surface area (Å²) in [5.74, 6) is 6.62. The fraction of sp³-hybridized carbons (Fsp3) is 0.824. The number of benzene rings is 1. The molecule has 4 unspecified atom stereocenters. The molecule has 0 spiro atoms. The van der Waals surface area contributed by atoms with Gasteiger partial charge in [-0.05, 0) is 122 Å². The van der Waals surface area contributed by atoms with Crippen molar-refractivity contribution in [1.29, 1.82) is 0 Å². The van der Waals surface area contributed by atoms with Crippen molar-refractivity contribution in [3.63, 3.8) is 0 Å². The van der Waals surface area contributed by atoms with Crippen LogP contribution in [0.25, 0.3) is 0 Å². The van der Waals surface area contributed by atoms with Gasteiger partial charge in [-0.3, -0.25) is 0 Å². The summed E-state index contributed by atoms with van der Waals surface area (Å²) in [6.07, 6.45) is 16.2.